The monoisotopic (exact) mass is 406 g/mol. The Morgan fingerprint density at radius 2 is 1.90 bits per heavy atom. The van der Waals surface area contributed by atoms with Gasteiger partial charge in [0.2, 0.25) is 0 Å². The Morgan fingerprint density at radius 3 is 2.74 bits per heavy atom. The molecule has 0 spiro atoms. The minimum absolute atomic E-state index is 0.766. The maximum absolute atomic E-state index is 4.91. The summed E-state index contributed by atoms with van der Waals surface area (Å²) >= 11 is 0. The second kappa shape index (κ2) is 6.60. The Hall–Kier alpha value is -4.33. The average molecular weight is 406 g/mol. The molecule has 0 aliphatic heterocycles. The Morgan fingerprint density at radius 1 is 0.968 bits per heavy atom. The normalized spacial score (nSPS) is 11.5. The van der Waals surface area contributed by atoms with Crippen molar-refractivity contribution in [2.75, 3.05) is 0 Å². The molecule has 2 N–H and O–H groups in total. The quantitative estimate of drug-likeness (QED) is 0.455. The molecule has 0 aliphatic rings. The van der Waals surface area contributed by atoms with E-state index < -0.39 is 0 Å². The number of nitrogens with zero attached hydrogens (tertiary/aromatic N) is 6. The first-order chi connectivity index (χ1) is 15.2. The van der Waals surface area contributed by atoms with E-state index in [9.17, 15) is 0 Å². The van der Waals surface area contributed by atoms with Gasteiger partial charge in [0.1, 0.15) is 11.2 Å². The highest BCUT2D eigenvalue weighted by Gasteiger charge is 2.16. The molecule has 0 saturated carbocycles. The number of hydrogen-bond acceptors (Lipinski definition) is 5. The lowest BCUT2D eigenvalue weighted by Crippen LogP contribution is -1.91. The zero-order chi connectivity index (χ0) is 20.9. The lowest BCUT2D eigenvalue weighted by molar-refractivity contribution is 1.05. The molecule has 0 amide bonds. The predicted molar refractivity (Wildman–Crippen MR) is 119 cm³/mol. The van der Waals surface area contributed by atoms with Crippen LogP contribution in [0.25, 0.3) is 50.3 Å². The van der Waals surface area contributed by atoms with Crippen LogP contribution in [0.5, 0.6) is 0 Å². The predicted octanol–water partition coefficient (Wildman–Crippen LogP) is 4.37. The zero-order valence-electron chi connectivity index (χ0n) is 17.0. The topological polar surface area (TPSA) is 101 Å². The Bertz CT molecular complexity index is 1570. The summed E-state index contributed by atoms with van der Waals surface area (Å²) in [5, 5.41) is 8.69. The van der Waals surface area contributed by atoms with Crippen molar-refractivity contribution in [2.24, 2.45) is 0 Å². The van der Waals surface area contributed by atoms with E-state index in [0.717, 1.165) is 61.5 Å². The summed E-state index contributed by atoms with van der Waals surface area (Å²) in [5.74, 6) is 0. The molecule has 6 rings (SSSR count). The number of pyridine rings is 3. The molecule has 6 aromatic rings. The van der Waals surface area contributed by atoms with E-state index in [1.54, 1.807) is 12.5 Å². The number of fused-ring (bicyclic) bond motifs is 2. The van der Waals surface area contributed by atoms with Crippen LogP contribution in [0.15, 0.2) is 61.6 Å². The minimum atomic E-state index is 0.766. The zero-order valence-corrected chi connectivity index (χ0v) is 17.0. The Labute approximate surface area is 177 Å². The number of aryl methyl sites for hydroxylation is 2. The summed E-state index contributed by atoms with van der Waals surface area (Å²) in [6.45, 7) is 4.03. The van der Waals surface area contributed by atoms with Gasteiger partial charge in [0.15, 0.2) is 0 Å². The molecule has 0 aromatic carbocycles. The Balaban J connectivity index is 1.52. The van der Waals surface area contributed by atoms with Gasteiger partial charge in [-0.2, -0.15) is 5.10 Å². The van der Waals surface area contributed by atoms with Crippen molar-refractivity contribution < 1.29 is 0 Å². The molecule has 8 nitrogen and oxygen atoms in total. The highest BCUT2D eigenvalue weighted by Crippen LogP contribution is 2.31. The molecular weight excluding hydrogens is 388 g/mol. The van der Waals surface area contributed by atoms with Crippen LogP contribution in [0.2, 0.25) is 0 Å². The van der Waals surface area contributed by atoms with Crippen LogP contribution in [0.1, 0.15) is 11.3 Å². The summed E-state index contributed by atoms with van der Waals surface area (Å²) in [6.07, 6.45) is 11.1. The lowest BCUT2D eigenvalue weighted by atomic mass is 10.1. The minimum Gasteiger partial charge on any atom is -0.352 e. The molecule has 0 bridgehead atoms. The number of aromatic nitrogens is 8. The van der Waals surface area contributed by atoms with Gasteiger partial charge in [0.05, 0.1) is 52.5 Å². The van der Waals surface area contributed by atoms with Crippen LogP contribution in [0, 0.1) is 13.8 Å². The number of rotatable bonds is 3. The third kappa shape index (κ3) is 2.80. The van der Waals surface area contributed by atoms with Gasteiger partial charge in [-0.05, 0) is 43.7 Å². The van der Waals surface area contributed by atoms with Crippen molar-refractivity contribution in [3.63, 3.8) is 0 Å². The molecule has 6 heterocycles. The fourth-order valence-corrected chi connectivity index (χ4v) is 3.89. The first-order valence-electron chi connectivity index (χ1n) is 9.91. The molecule has 8 heteroatoms. The van der Waals surface area contributed by atoms with Crippen molar-refractivity contribution in [3.8, 4) is 28.3 Å². The summed E-state index contributed by atoms with van der Waals surface area (Å²) in [5.41, 5.74) is 9.17. The van der Waals surface area contributed by atoms with E-state index in [4.69, 9.17) is 4.98 Å². The van der Waals surface area contributed by atoms with Gasteiger partial charge in [0.25, 0.3) is 0 Å². The van der Waals surface area contributed by atoms with E-state index in [0.29, 0.717) is 0 Å². The lowest BCUT2D eigenvalue weighted by Gasteiger charge is -2.04. The first-order valence-corrected chi connectivity index (χ1v) is 9.91. The van der Waals surface area contributed by atoms with Crippen molar-refractivity contribution in [3.05, 3.63) is 72.8 Å². The molecule has 150 valence electrons. The van der Waals surface area contributed by atoms with Gasteiger partial charge < -0.3 is 9.55 Å². The summed E-state index contributed by atoms with van der Waals surface area (Å²) in [7, 11) is 0. The van der Waals surface area contributed by atoms with Gasteiger partial charge in [-0.3, -0.25) is 15.1 Å². The number of H-pyrrole nitrogens is 2. The van der Waals surface area contributed by atoms with E-state index in [-0.39, 0.29) is 0 Å². The van der Waals surface area contributed by atoms with E-state index in [1.807, 2.05) is 54.5 Å². The third-order valence-corrected chi connectivity index (χ3v) is 5.49. The van der Waals surface area contributed by atoms with Crippen LogP contribution >= 0.6 is 0 Å². The maximum Gasteiger partial charge on any atom is 0.135 e. The van der Waals surface area contributed by atoms with E-state index in [1.165, 1.54) is 0 Å². The van der Waals surface area contributed by atoms with Crippen molar-refractivity contribution in [2.45, 2.75) is 13.8 Å². The smallest absolute Gasteiger partial charge is 0.135 e. The molecule has 0 radical (unpaired) electrons. The molecule has 0 unspecified atom stereocenters. The number of nitrogens with one attached hydrogen (secondary N) is 2. The van der Waals surface area contributed by atoms with Crippen LogP contribution < -0.4 is 0 Å². The average Bonchev–Trinajstić information content (AvgIpc) is 3.50. The molecule has 0 atom stereocenters. The highest BCUT2D eigenvalue weighted by molar-refractivity contribution is 5.96. The maximum atomic E-state index is 4.91. The fourth-order valence-electron chi connectivity index (χ4n) is 3.89. The molecule has 6 aromatic heterocycles. The van der Waals surface area contributed by atoms with Gasteiger partial charge in [-0.1, -0.05) is 0 Å². The third-order valence-electron chi connectivity index (χ3n) is 5.49. The first kappa shape index (κ1) is 17.5. The van der Waals surface area contributed by atoms with E-state index in [2.05, 4.69) is 43.1 Å². The van der Waals surface area contributed by atoms with Crippen molar-refractivity contribution >= 4 is 21.9 Å². The summed E-state index contributed by atoms with van der Waals surface area (Å²) in [4.78, 5) is 21.3. The van der Waals surface area contributed by atoms with Crippen LogP contribution in [0.4, 0.5) is 0 Å². The summed E-state index contributed by atoms with van der Waals surface area (Å²) < 4.78 is 1.98. The van der Waals surface area contributed by atoms with E-state index >= 15 is 0 Å². The molecular formula is C23H18N8. The number of imidazole rings is 1. The summed E-state index contributed by atoms with van der Waals surface area (Å²) in [6, 6.07) is 8.07. The molecule has 0 aliphatic carbocycles. The second-order valence-electron chi connectivity index (χ2n) is 7.58. The van der Waals surface area contributed by atoms with Gasteiger partial charge in [-0.15, -0.1) is 0 Å². The molecule has 31 heavy (non-hydrogen) atoms. The molecule has 0 saturated heterocycles. The molecule has 0 fully saturated rings. The largest absolute Gasteiger partial charge is 0.352 e. The van der Waals surface area contributed by atoms with Crippen LogP contribution in [0.3, 0.4) is 0 Å². The Kier molecular flexibility index (Phi) is 3.73. The second-order valence-corrected chi connectivity index (χ2v) is 7.58. The van der Waals surface area contributed by atoms with Gasteiger partial charge in [-0.25, -0.2) is 9.97 Å². The van der Waals surface area contributed by atoms with Crippen LogP contribution in [-0.4, -0.2) is 39.7 Å². The van der Waals surface area contributed by atoms with Gasteiger partial charge >= 0.3 is 0 Å². The van der Waals surface area contributed by atoms with Crippen LogP contribution in [-0.2, 0) is 0 Å². The number of aromatic amines is 2. The SMILES string of the molecule is Cc1cn(-c2cncc3[nH]c(-c4n[nH]c5ccc(-c6cnccc6C)nc45)cc23)cn1. The van der Waals surface area contributed by atoms with Crippen molar-refractivity contribution in [1.82, 2.24) is 39.7 Å². The highest BCUT2D eigenvalue weighted by atomic mass is 15.1. The fraction of sp³-hybridized carbons (Fsp3) is 0.0870. The van der Waals surface area contributed by atoms with Crippen molar-refractivity contribution in [1.29, 1.82) is 0 Å². The van der Waals surface area contributed by atoms with Gasteiger partial charge in [0, 0.05) is 29.5 Å². The number of hydrogen-bond donors (Lipinski definition) is 2. The standard InChI is InChI=1S/C23H18N8/c1-13-5-6-24-8-16(13)17-3-4-18-22(28-17)23(30-29-18)19-7-15-20(27-19)9-25-10-21(15)31-11-14(2)26-12-31/h3-12,27H,1-2H3,(H,29,30).